The molecule has 0 N–H and O–H groups in total. The van der Waals surface area contributed by atoms with Crippen LogP contribution in [0.5, 0.6) is 5.75 Å². The molecule has 1 amide bonds. The Morgan fingerprint density at radius 3 is 2.80 bits per heavy atom. The molecule has 0 saturated carbocycles. The molecule has 0 radical (unpaired) electrons. The molecule has 1 aromatic carbocycles. The van der Waals surface area contributed by atoms with E-state index < -0.39 is 0 Å². The Bertz CT molecular complexity index is 649. The van der Waals surface area contributed by atoms with E-state index in [2.05, 4.69) is 20.9 Å². The molecule has 0 fully saturated rings. The van der Waals surface area contributed by atoms with Gasteiger partial charge in [0.1, 0.15) is 10.9 Å². The predicted molar refractivity (Wildman–Crippen MR) is 82.7 cm³/mol. The van der Waals surface area contributed by atoms with Gasteiger partial charge in [0.05, 0.1) is 18.4 Å². The number of methoxy groups -OCH3 is 1. The smallest absolute Gasteiger partial charge is 0.261 e. The lowest BCUT2D eigenvalue weighted by Crippen LogP contribution is -2.27. The molecule has 0 aliphatic carbocycles. The average Bonchev–Trinajstić information content (AvgIpc) is 2.48. The topological polar surface area (TPSA) is 42.4 Å². The third-order valence-corrected chi connectivity index (χ3v) is 3.52. The number of halogens is 2. The number of amides is 1. The van der Waals surface area contributed by atoms with E-state index in [4.69, 9.17) is 16.3 Å². The Morgan fingerprint density at radius 1 is 1.40 bits per heavy atom. The van der Waals surface area contributed by atoms with Crippen molar-refractivity contribution in [1.82, 2.24) is 4.98 Å². The van der Waals surface area contributed by atoms with E-state index in [1.807, 2.05) is 12.1 Å². The first kappa shape index (κ1) is 14.8. The van der Waals surface area contributed by atoms with Crippen molar-refractivity contribution in [2.24, 2.45) is 0 Å². The molecule has 1 aromatic heterocycles. The second-order valence-corrected chi connectivity index (χ2v) is 5.30. The highest BCUT2D eigenvalue weighted by atomic mass is 79.9. The molecule has 4 nitrogen and oxygen atoms in total. The number of carbonyl (C=O) groups excluding carboxylic acids is 1. The minimum absolute atomic E-state index is 0.167. The van der Waals surface area contributed by atoms with Crippen molar-refractivity contribution < 1.29 is 9.53 Å². The minimum Gasteiger partial charge on any atom is -0.495 e. The van der Waals surface area contributed by atoms with Crippen molar-refractivity contribution >= 4 is 39.1 Å². The minimum atomic E-state index is -0.256. The molecule has 0 aliphatic heterocycles. The molecule has 2 aromatic rings. The van der Waals surface area contributed by atoms with Gasteiger partial charge in [-0.1, -0.05) is 23.7 Å². The van der Waals surface area contributed by atoms with Crippen LogP contribution in [0.2, 0.25) is 5.15 Å². The molecule has 104 valence electrons. The highest BCUT2D eigenvalue weighted by Gasteiger charge is 2.20. The lowest BCUT2D eigenvalue weighted by atomic mass is 10.2. The zero-order valence-corrected chi connectivity index (χ0v) is 13.3. The summed E-state index contributed by atoms with van der Waals surface area (Å²) >= 11 is 9.27. The number of nitrogens with zero attached hydrogens (tertiary/aromatic N) is 2. The monoisotopic (exact) mass is 354 g/mol. The fourth-order valence-electron chi connectivity index (χ4n) is 1.77. The van der Waals surface area contributed by atoms with Gasteiger partial charge in [0.2, 0.25) is 0 Å². The largest absolute Gasteiger partial charge is 0.495 e. The number of ether oxygens (including phenoxy) is 1. The number of rotatable bonds is 3. The maximum atomic E-state index is 12.5. The quantitative estimate of drug-likeness (QED) is 0.787. The van der Waals surface area contributed by atoms with Crippen LogP contribution in [0.4, 0.5) is 5.69 Å². The molecule has 0 atom stereocenters. The SMILES string of the molecule is COc1ccccc1N(C)C(=O)c1cc(Br)cnc1Cl. The van der Waals surface area contributed by atoms with Crippen molar-refractivity contribution in [3.63, 3.8) is 0 Å². The molecule has 0 saturated heterocycles. The van der Waals surface area contributed by atoms with Crippen LogP contribution in [0.3, 0.4) is 0 Å². The van der Waals surface area contributed by atoms with Crippen molar-refractivity contribution in [3.05, 3.63) is 51.7 Å². The summed E-state index contributed by atoms with van der Waals surface area (Å²) in [7, 11) is 3.22. The molecule has 20 heavy (non-hydrogen) atoms. The predicted octanol–water partition coefficient (Wildman–Crippen LogP) is 3.78. The molecule has 2 rings (SSSR count). The fraction of sp³-hybridized carbons (Fsp3) is 0.143. The van der Waals surface area contributed by atoms with Crippen LogP contribution >= 0.6 is 27.5 Å². The van der Waals surface area contributed by atoms with Crippen molar-refractivity contribution in [3.8, 4) is 5.75 Å². The van der Waals surface area contributed by atoms with Gasteiger partial charge in [-0.15, -0.1) is 0 Å². The Hall–Kier alpha value is -1.59. The third-order valence-electron chi connectivity index (χ3n) is 2.79. The molecular formula is C14H12BrClN2O2. The second-order valence-electron chi connectivity index (χ2n) is 4.03. The first-order chi connectivity index (χ1) is 9.54. The van der Waals surface area contributed by atoms with E-state index in [1.54, 1.807) is 38.6 Å². The number of para-hydroxylation sites is 2. The van der Waals surface area contributed by atoms with E-state index in [-0.39, 0.29) is 11.1 Å². The molecule has 0 bridgehead atoms. The first-order valence-electron chi connectivity index (χ1n) is 5.76. The Kier molecular flexibility index (Phi) is 4.62. The summed E-state index contributed by atoms with van der Waals surface area (Å²) < 4.78 is 5.95. The van der Waals surface area contributed by atoms with E-state index in [9.17, 15) is 4.79 Å². The van der Waals surface area contributed by atoms with Crippen molar-refractivity contribution in [2.75, 3.05) is 19.1 Å². The second kappa shape index (κ2) is 6.24. The van der Waals surface area contributed by atoms with Gasteiger partial charge in [-0.05, 0) is 34.1 Å². The highest BCUT2D eigenvalue weighted by Crippen LogP contribution is 2.29. The molecular weight excluding hydrogens is 344 g/mol. The number of hydrogen-bond donors (Lipinski definition) is 0. The summed E-state index contributed by atoms with van der Waals surface area (Å²) in [6.07, 6.45) is 1.54. The van der Waals surface area contributed by atoms with Crippen molar-refractivity contribution in [2.45, 2.75) is 0 Å². The molecule has 0 aliphatic rings. The Balaban J connectivity index is 2.40. The van der Waals surface area contributed by atoms with E-state index in [0.717, 1.165) is 0 Å². The summed E-state index contributed by atoms with van der Waals surface area (Å²) in [6.45, 7) is 0. The van der Waals surface area contributed by atoms with Crippen molar-refractivity contribution in [1.29, 1.82) is 0 Å². The lowest BCUT2D eigenvalue weighted by Gasteiger charge is -2.20. The van der Waals surface area contributed by atoms with Gasteiger partial charge in [0, 0.05) is 17.7 Å². The zero-order valence-electron chi connectivity index (χ0n) is 10.9. The summed E-state index contributed by atoms with van der Waals surface area (Å²) in [5.74, 6) is 0.357. The van der Waals surface area contributed by atoms with Crippen LogP contribution in [0.25, 0.3) is 0 Å². The molecule has 0 spiro atoms. The van der Waals surface area contributed by atoms with E-state index in [0.29, 0.717) is 21.5 Å². The van der Waals surface area contributed by atoms with Crippen LogP contribution in [0, 0.1) is 0 Å². The number of hydrogen-bond acceptors (Lipinski definition) is 3. The summed E-state index contributed by atoms with van der Waals surface area (Å²) in [6, 6.07) is 8.91. The zero-order chi connectivity index (χ0) is 14.7. The maximum absolute atomic E-state index is 12.5. The normalized spacial score (nSPS) is 10.2. The third kappa shape index (κ3) is 2.94. The van der Waals surface area contributed by atoms with Gasteiger partial charge in [-0.2, -0.15) is 0 Å². The first-order valence-corrected chi connectivity index (χ1v) is 6.94. The molecule has 6 heteroatoms. The highest BCUT2D eigenvalue weighted by molar-refractivity contribution is 9.10. The van der Waals surface area contributed by atoms with Gasteiger partial charge < -0.3 is 9.64 Å². The summed E-state index contributed by atoms with van der Waals surface area (Å²) in [5, 5.41) is 0.167. The number of pyridine rings is 1. The van der Waals surface area contributed by atoms with Crippen LogP contribution in [-0.2, 0) is 0 Å². The van der Waals surface area contributed by atoms with E-state index in [1.165, 1.54) is 4.90 Å². The van der Waals surface area contributed by atoms with Gasteiger partial charge >= 0.3 is 0 Å². The van der Waals surface area contributed by atoms with Gasteiger partial charge in [0.15, 0.2) is 0 Å². The van der Waals surface area contributed by atoms with Crippen LogP contribution in [0.1, 0.15) is 10.4 Å². The van der Waals surface area contributed by atoms with Gasteiger partial charge in [-0.3, -0.25) is 4.79 Å². The van der Waals surface area contributed by atoms with Gasteiger partial charge in [-0.25, -0.2) is 4.98 Å². The fourth-order valence-corrected chi connectivity index (χ4v) is 2.28. The number of benzene rings is 1. The van der Waals surface area contributed by atoms with E-state index >= 15 is 0 Å². The van der Waals surface area contributed by atoms with Gasteiger partial charge in [0.25, 0.3) is 5.91 Å². The number of anilines is 1. The Labute approximate surface area is 130 Å². The van der Waals surface area contributed by atoms with Crippen LogP contribution in [0.15, 0.2) is 41.0 Å². The van der Waals surface area contributed by atoms with Crippen LogP contribution < -0.4 is 9.64 Å². The Morgan fingerprint density at radius 2 is 2.10 bits per heavy atom. The number of aromatic nitrogens is 1. The standard InChI is InChI=1S/C14H12BrClN2O2/c1-18(11-5-3-4-6-12(11)20-2)14(19)10-7-9(15)8-17-13(10)16/h3-8H,1-2H3. The average molecular weight is 356 g/mol. The maximum Gasteiger partial charge on any atom is 0.261 e. The molecule has 0 unspecified atom stereocenters. The summed E-state index contributed by atoms with van der Waals surface area (Å²) in [5.41, 5.74) is 0.991. The van der Waals surface area contributed by atoms with Crippen LogP contribution in [-0.4, -0.2) is 25.0 Å². The summed E-state index contributed by atoms with van der Waals surface area (Å²) in [4.78, 5) is 17.9. The lowest BCUT2D eigenvalue weighted by molar-refractivity contribution is 0.0992. The number of carbonyl (C=O) groups is 1. The molecule has 1 heterocycles.